The van der Waals surface area contributed by atoms with Crippen LogP contribution in [-0.4, -0.2) is 11.0 Å². The molecular weight excluding hydrogens is 172 g/mol. The molecule has 0 aromatic carbocycles. The second kappa shape index (κ2) is 4.36. The van der Waals surface area contributed by atoms with Gasteiger partial charge in [-0.05, 0) is 25.5 Å². The van der Waals surface area contributed by atoms with E-state index in [1.54, 1.807) is 13.2 Å². The Balaban J connectivity index is 2.54. The Morgan fingerprint density at radius 1 is 1.75 bits per heavy atom. The van der Waals surface area contributed by atoms with E-state index in [1.165, 1.54) is 11.8 Å². The molecule has 1 atom stereocenters. The maximum absolute atomic E-state index is 11.0. The number of hydrogen-bond acceptors (Lipinski definition) is 3. The molecule has 66 valence electrons. The van der Waals surface area contributed by atoms with Crippen molar-refractivity contribution >= 4 is 17.5 Å². The minimum absolute atomic E-state index is 0.0381. The van der Waals surface area contributed by atoms with E-state index in [-0.39, 0.29) is 11.0 Å². The molecule has 0 amide bonds. The Labute approximate surface area is 76.3 Å². The highest BCUT2D eigenvalue weighted by Crippen LogP contribution is 2.25. The molecule has 1 rings (SSSR count). The van der Waals surface area contributed by atoms with Crippen LogP contribution in [0.15, 0.2) is 27.9 Å². The largest absolute Gasteiger partial charge is 0.458 e. The fraction of sp³-hybridized carbons (Fsp3) is 0.444. The van der Waals surface area contributed by atoms with Crippen molar-refractivity contribution in [3.05, 3.63) is 18.4 Å². The molecule has 0 fully saturated rings. The molecule has 0 bridgehead atoms. The first-order valence-corrected chi connectivity index (χ1v) is 4.82. The monoisotopic (exact) mass is 184 g/mol. The predicted molar refractivity (Wildman–Crippen MR) is 49.3 cm³/mol. The quantitative estimate of drug-likeness (QED) is 0.674. The average molecular weight is 184 g/mol. The molecule has 0 aliphatic rings. The first kappa shape index (κ1) is 9.39. The van der Waals surface area contributed by atoms with Crippen LogP contribution in [0.2, 0.25) is 0 Å². The summed E-state index contributed by atoms with van der Waals surface area (Å²) in [6.45, 7) is 3.62. The maximum atomic E-state index is 11.0. The minimum atomic E-state index is 0.0381. The van der Waals surface area contributed by atoms with Gasteiger partial charge in [-0.25, -0.2) is 0 Å². The average Bonchev–Trinajstić information content (AvgIpc) is 2.51. The van der Waals surface area contributed by atoms with Gasteiger partial charge in [-0.1, -0.05) is 18.7 Å². The zero-order chi connectivity index (χ0) is 8.97. The van der Waals surface area contributed by atoms with Gasteiger partial charge in [-0.3, -0.25) is 4.79 Å². The smallest absolute Gasteiger partial charge is 0.160 e. The SMILES string of the molecule is CCC(Sc1ccco1)C(C)=O. The Bertz CT molecular complexity index is 241. The van der Waals surface area contributed by atoms with Gasteiger partial charge in [0.1, 0.15) is 5.78 Å². The van der Waals surface area contributed by atoms with E-state index in [9.17, 15) is 4.79 Å². The van der Waals surface area contributed by atoms with Gasteiger partial charge in [0.2, 0.25) is 0 Å². The van der Waals surface area contributed by atoms with Crippen LogP contribution >= 0.6 is 11.8 Å². The van der Waals surface area contributed by atoms with Crippen LogP contribution in [0.3, 0.4) is 0 Å². The number of carbonyl (C=O) groups is 1. The van der Waals surface area contributed by atoms with Crippen molar-refractivity contribution in [3.63, 3.8) is 0 Å². The standard InChI is InChI=1S/C9H12O2S/c1-3-8(7(2)10)12-9-5-4-6-11-9/h4-6,8H,3H2,1-2H3. The van der Waals surface area contributed by atoms with Crippen LogP contribution in [0.25, 0.3) is 0 Å². The Morgan fingerprint density at radius 2 is 2.50 bits per heavy atom. The molecule has 1 heterocycles. The maximum Gasteiger partial charge on any atom is 0.160 e. The highest BCUT2D eigenvalue weighted by atomic mass is 32.2. The van der Waals surface area contributed by atoms with Crippen molar-refractivity contribution in [2.75, 3.05) is 0 Å². The number of thioether (sulfide) groups is 1. The summed E-state index contributed by atoms with van der Waals surface area (Å²) in [6, 6.07) is 3.70. The van der Waals surface area contributed by atoms with E-state index in [1.807, 2.05) is 19.1 Å². The molecule has 3 heteroatoms. The van der Waals surface area contributed by atoms with Gasteiger partial charge >= 0.3 is 0 Å². The van der Waals surface area contributed by atoms with Crippen molar-refractivity contribution in [2.24, 2.45) is 0 Å². The summed E-state index contributed by atoms with van der Waals surface area (Å²) >= 11 is 1.49. The summed E-state index contributed by atoms with van der Waals surface area (Å²) in [5, 5.41) is 0.855. The van der Waals surface area contributed by atoms with Crippen LogP contribution in [-0.2, 0) is 4.79 Å². The van der Waals surface area contributed by atoms with Crippen LogP contribution in [0.1, 0.15) is 20.3 Å². The van der Waals surface area contributed by atoms with Crippen LogP contribution < -0.4 is 0 Å². The van der Waals surface area contributed by atoms with Crippen molar-refractivity contribution in [1.29, 1.82) is 0 Å². The lowest BCUT2D eigenvalue weighted by Gasteiger charge is -2.07. The van der Waals surface area contributed by atoms with Gasteiger partial charge in [0, 0.05) is 0 Å². The molecule has 1 aromatic heterocycles. The predicted octanol–water partition coefficient (Wildman–Crippen LogP) is 2.74. The zero-order valence-electron chi connectivity index (χ0n) is 7.24. The lowest BCUT2D eigenvalue weighted by molar-refractivity contribution is -0.116. The summed E-state index contributed by atoms with van der Waals surface area (Å²) in [5.41, 5.74) is 0. The van der Waals surface area contributed by atoms with Gasteiger partial charge in [0.25, 0.3) is 0 Å². The highest BCUT2D eigenvalue weighted by Gasteiger charge is 2.14. The molecule has 2 nitrogen and oxygen atoms in total. The molecule has 0 N–H and O–H groups in total. The van der Waals surface area contributed by atoms with E-state index in [0.29, 0.717) is 0 Å². The number of rotatable bonds is 4. The third kappa shape index (κ3) is 2.41. The molecular formula is C9H12O2S. The molecule has 0 saturated carbocycles. The van der Waals surface area contributed by atoms with Crippen molar-refractivity contribution in [1.82, 2.24) is 0 Å². The Morgan fingerprint density at radius 3 is 2.92 bits per heavy atom. The third-order valence-corrected chi connectivity index (χ3v) is 2.99. The van der Waals surface area contributed by atoms with E-state index in [0.717, 1.165) is 11.5 Å². The fourth-order valence-electron chi connectivity index (χ4n) is 0.925. The highest BCUT2D eigenvalue weighted by molar-refractivity contribution is 8.00. The molecule has 12 heavy (non-hydrogen) atoms. The number of hydrogen-bond donors (Lipinski definition) is 0. The van der Waals surface area contributed by atoms with E-state index in [4.69, 9.17) is 4.42 Å². The molecule has 0 aliphatic carbocycles. The number of Topliss-reactive ketones (excluding diaryl/α,β-unsaturated/α-hetero) is 1. The van der Waals surface area contributed by atoms with E-state index >= 15 is 0 Å². The molecule has 1 aromatic rings. The fourth-order valence-corrected chi connectivity index (χ4v) is 1.81. The second-order valence-electron chi connectivity index (χ2n) is 2.56. The van der Waals surface area contributed by atoms with Gasteiger partial charge in [-0.2, -0.15) is 0 Å². The lowest BCUT2D eigenvalue weighted by Crippen LogP contribution is -2.11. The molecule has 1 unspecified atom stereocenters. The summed E-state index contributed by atoms with van der Waals surface area (Å²) in [7, 11) is 0. The Kier molecular flexibility index (Phi) is 3.41. The van der Waals surface area contributed by atoms with Gasteiger partial charge < -0.3 is 4.42 Å². The topological polar surface area (TPSA) is 30.2 Å². The van der Waals surface area contributed by atoms with Gasteiger partial charge in [0.15, 0.2) is 5.09 Å². The van der Waals surface area contributed by atoms with Gasteiger partial charge in [0.05, 0.1) is 11.5 Å². The summed E-state index contributed by atoms with van der Waals surface area (Å²) in [5.74, 6) is 0.207. The molecule has 0 spiro atoms. The van der Waals surface area contributed by atoms with Crippen LogP contribution in [0.4, 0.5) is 0 Å². The summed E-state index contributed by atoms with van der Waals surface area (Å²) < 4.78 is 5.13. The summed E-state index contributed by atoms with van der Waals surface area (Å²) in [6.07, 6.45) is 2.47. The van der Waals surface area contributed by atoms with Gasteiger partial charge in [-0.15, -0.1) is 0 Å². The zero-order valence-corrected chi connectivity index (χ0v) is 8.06. The van der Waals surface area contributed by atoms with Crippen molar-refractivity contribution in [2.45, 2.75) is 30.6 Å². The molecule has 0 saturated heterocycles. The third-order valence-electron chi connectivity index (χ3n) is 1.58. The summed E-state index contributed by atoms with van der Waals surface area (Å²) in [4.78, 5) is 11.0. The lowest BCUT2D eigenvalue weighted by atomic mass is 10.2. The molecule has 0 radical (unpaired) electrons. The Hall–Kier alpha value is -0.700. The van der Waals surface area contributed by atoms with E-state index < -0.39 is 0 Å². The number of furan rings is 1. The second-order valence-corrected chi connectivity index (χ2v) is 3.76. The minimum Gasteiger partial charge on any atom is -0.458 e. The van der Waals surface area contributed by atoms with Crippen LogP contribution in [0, 0.1) is 0 Å². The number of ketones is 1. The molecule has 0 aliphatic heterocycles. The number of carbonyl (C=O) groups excluding carboxylic acids is 1. The first-order chi connectivity index (χ1) is 5.74. The van der Waals surface area contributed by atoms with Crippen molar-refractivity contribution < 1.29 is 9.21 Å². The van der Waals surface area contributed by atoms with E-state index in [2.05, 4.69) is 0 Å². The van der Waals surface area contributed by atoms with Crippen LogP contribution in [0.5, 0.6) is 0 Å². The normalized spacial score (nSPS) is 12.8. The van der Waals surface area contributed by atoms with Crippen molar-refractivity contribution in [3.8, 4) is 0 Å². The first-order valence-electron chi connectivity index (χ1n) is 3.94.